The molecule has 6 nitrogen and oxygen atoms in total. The number of likely N-dealkylation sites (tertiary alicyclic amines) is 1. The maximum Gasteiger partial charge on any atom is 0.308 e. The van der Waals surface area contributed by atoms with Gasteiger partial charge in [0.2, 0.25) is 0 Å². The third-order valence-electron chi connectivity index (χ3n) is 3.73. The minimum Gasteiger partial charge on any atom is -0.504 e. The number of carboxylic acids is 1. The Morgan fingerprint density at radius 2 is 2.10 bits per heavy atom. The van der Waals surface area contributed by atoms with E-state index >= 15 is 0 Å². The van der Waals surface area contributed by atoms with Gasteiger partial charge in [-0.2, -0.15) is 0 Å². The number of hydrogen-bond donors (Lipinski definition) is 2. The summed E-state index contributed by atoms with van der Waals surface area (Å²) >= 11 is 0. The van der Waals surface area contributed by atoms with Gasteiger partial charge in [-0.15, -0.1) is 0 Å². The van der Waals surface area contributed by atoms with Gasteiger partial charge in [0.25, 0.3) is 5.91 Å². The van der Waals surface area contributed by atoms with Crippen molar-refractivity contribution in [3.05, 3.63) is 23.3 Å². The van der Waals surface area contributed by atoms with Crippen molar-refractivity contribution in [3.63, 3.8) is 0 Å². The number of ether oxygens (including phenoxy) is 1. The Labute approximate surface area is 122 Å². The summed E-state index contributed by atoms with van der Waals surface area (Å²) in [5.74, 6) is -1.76. The number of aryl methyl sites for hydroxylation is 1. The van der Waals surface area contributed by atoms with E-state index in [0.29, 0.717) is 19.4 Å². The molecule has 0 bridgehead atoms. The highest BCUT2D eigenvalue weighted by molar-refractivity contribution is 5.98. The highest BCUT2D eigenvalue weighted by atomic mass is 16.5. The minimum atomic E-state index is -0.890. The lowest BCUT2D eigenvalue weighted by Gasteiger charge is -2.31. The van der Waals surface area contributed by atoms with Gasteiger partial charge in [-0.3, -0.25) is 9.59 Å². The van der Waals surface area contributed by atoms with Gasteiger partial charge in [0, 0.05) is 13.1 Å². The van der Waals surface area contributed by atoms with Crippen molar-refractivity contribution in [1.29, 1.82) is 0 Å². The van der Waals surface area contributed by atoms with Crippen LogP contribution >= 0.6 is 0 Å². The minimum absolute atomic E-state index is 0.151. The molecule has 2 N–H and O–H groups in total. The monoisotopic (exact) mass is 293 g/mol. The maximum atomic E-state index is 12.5. The number of aliphatic carboxylic acids is 1. The van der Waals surface area contributed by atoms with Crippen LogP contribution in [0.25, 0.3) is 0 Å². The summed E-state index contributed by atoms with van der Waals surface area (Å²) in [6.07, 6.45) is 1.22. The molecule has 1 aliphatic heterocycles. The molecule has 1 aliphatic rings. The Hall–Kier alpha value is -2.24. The van der Waals surface area contributed by atoms with Gasteiger partial charge in [-0.05, 0) is 37.5 Å². The molecule has 1 saturated heterocycles. The van der Waals surface area contributed by atoms with Crippen LogP contribution in [0.3, 0.4) is 0 Å². The zero-order chi connectivity index (χ0) is 15.6. The molecular formula is C15H19NO5. The standard InChI is InChI=1S/C15H19NO5/c1-9-6-11(13(17)12(7-9)21-2)14(18)16-5-3-4-10(8-16)15(19)20/h6-7,10,17H,3-5,8H2,1-2H3,(H,19,20). The fraction of sp³-hybridized carbons (Fsp3) is 0.467. The van der Waals surface area contributed by atoms with Crippen molar-refractivity contribution in [2.75, 3.05) is 20.2 Å². The lowest BCUT2D eigenvalue weighted by atomic mass is 9.97. The predicted octanol–water partition coefficient (Wildman–Crippen LogP) is 1.65. The van der Waals surface area contributed by atoms with E-state index in [-0.39, 0.29) is 29.5 Å². The third-order valence-corrected chi connectivity index (χ3v) is 3.73. The SMILES string of the molecule is COc1cc(C)cc(C(=O)N2CCCC(C(=O)O)C2)c1O. The first-order chi connectivity index (χ1) is 9.93. The van der Waals surface area contributed by atoms with E-state index in [4.69, 9.17) is 9.84 Å². The molecule has 1 heterocycles. The summed E-state index contributed by atoms with van der Waals surface area (Å²) in [7, 11) is 1.42. The fourth-order valence-electron chi connectivity index (χ4n) is 2.60. The molecule has 0 spiro atoms. The predicted molar refractivity (Wildman–Crippen MR) is 75.7 cm³/mol. The van der Waals surface area contributed by atoms with Crippen LogP contribution in [0.5, 0.6) is 11.5 Å². The molecule has 0 aliphatic carbocycles. The Balaban J connectivity index is 2.27. The second kappa shape index (κ2) is 6.03. The summed E-state index contributed by atoms with van der Waals surface area (Å²) in [5, 5.41) is 19.2. The molecule has 1 fully saturated rings. The molecule has 1 aromatic rings. The van der Waals surface area contributed by atoms with E-state index in [9.17, 15) is 14.7 Å². The smallest absolute Gasteiger partial charge is 0.308 e. The van der Waals surface area contributed by atoms with Gasteiger partial charge in [-0.25, -0.2) is 0 Å². The number of nitrogens with zero attached hydrogens (tertiary/aromatic N) is 1. The van der Waals surface area contributed by atoms with Crippen molar-refractivity contribution in [3.8, 4) is 11.5 Å². The number of aromatic hydroxyl groups is 1. The van der Waals surface area contributed by atoms with Crippen LogP contribution in [0.4, 0.5) is 0 Å². The average molecular weight is 293 g/mol. The van der Waals surface area contributed by atoms with Crippen molar-refractivity contribution >= 4 is 11.9 Å². The Morgan fingerprint density at radius 1 is 1.38 bits per heavy atom. The molecule has 0 radical (unpaired) electrons. The van der Waals surface area contributed by atoms with Gasteiger partial charge < -0.3 is 19.8 Å². The zero-order valence-electron chi connectivity index (χ0n) is 12.1. The number of benzene rings is 1. The Morgan fingerprint density at radius 3 is 2.71 bits per heavy atom. The molecule has 2 rings (SSSR count). The summed E-state index contributed by atoms with van der Waals surface area (Å²) in [5.41, 5.74) is 0.942. The fourth-order valence-corrected chi connectivity index (χ4v) is 2.60. The van der Waals surface area contributed by atoms with Crippen LogP contribution in [-0.4, -0.2) is 47.2 Å². The molecule has 0 aromatic heterocycles. The van der Waals surface area contributed by atoms with Crippen molar-refractivity contribution in [2.45, 2.75) is 19.8 Å². The van der Waals surface area contributed by atoms with Crippen molar-refractivity contribution in [1.82, 2.24) is 4.90 Å². The largest absolute Gasteiger partial charge is 0.504 e. The van der Waals surface area contributed by atoms with Crippen LogP contribution < -0.4 is 4.74 Å². The molecule has 21 heavy (non-hydrogen) atoms. The normalized spacial score (nSPS) is 18.4. The summed E-state index contributed by atoms with van der Waals surface area (Å²) in [6.45, 7) is 2.47. The molecule has 1 amide bonds. The molecule has 114 valence electrons. The summed E-state index contributed by atoms with van der Waals surface area (Å²) in [4.78, 5) is 25.1. The number of rotatable bonds is 3. The van der Waals surface area contributed by atoms with Crippen LogP contribution in [0.2, 0.25) is 0 Å². The number of carbonyl (C=O) groups is 2. The van der Waals surface area contributed by atoms with E-state index in [1.165, 1.54) is 12.0 Å². The number of carbonyl (C=O) groups excluding carboxylic acids is 1. The van der Waals surface area contributed by atoms with Crippen LogP contribution in [0.15, 0.2) is 12.1 Å². The van der Waals surface area contributed by atoms with E-state index in [1.54, 1.807) is 19.1 Å². The van der Waals surface area contributed by atoms with Gasteiger partial charge in [0.1, 0.15) is 0 Å². The number of carboxylic acid groups (broad SMARTS) is 1. The van der Waals surface area contributed by atoms with Crippen LogP contribution in [0, 0.1) is 12.8 Å². The quantitative estimate of drug-likeness (QED) is 0.884. The van der Waals surface area contributed by atoms with Gasteiger partial charge in [0.15, 0.2) is 11.5 Å². The number of methoxy groups -OCH3 is 1. The molecule has 1 aromatic carbocycles. The highest BCUT2D eigenvalue weighted by Gasteiger charge is 2.30. The van der Waals surface area contributed by atoms with E-state index in [1.807, 2.05) is 0 Å². The van der Waals surface area contributed by atoms with Crippen LogP contribution in [-0.2, 0) is 4.79 Å². The highest BCUT2D eigenvalue weighted by Crippen LogP contribution is 2.32. The lowest BCUT2D eigenvalue weighted by Crippen LogP contribution is -2.42. The molecular weight excluding hydrogens is 274 g/mol. The van der Waals surface area contributed by atoms with Crippen LogP contribution in [0.1, 0.15) is 28.8 Å². The second-order valence-electron chi connectivity index (χ2n) is 5.29. The van der Waals surface area contributed by atoms with E-state index in [0.717, 1.165) is 5.56 Å². The van der Waals surface area contributed by atoms with Gasteiger partial charge >= 0.3 is 5.97 Å². The number of phenols is 1. The van der Waals surface area contributed by atoms with Gasteiger partial charge in [-0.1, -0.05) is 0 Å². The van der Waals surface area contributed by atoms with Gasteiger partial charge in [0.05, 0.1) is 18.6 Å². The first-order valence-corrected chi connectivity index (χ1v) is 6.83. The second-order valence-corrected chi connectivity index (χ2v) is 5.29. The Kier molecular flexibility index (Phi) is 4.35. The third kappa shape index (κ3) is 3.09. The topological polar surface area (TPSA) is 87.1 Å². The van der Waals surface area contributed by atoms with E-state index in [2.05, 4.69) is 0 Å². The number of piperidine rings is 1. The number of amides is 1. The zero-order valence-corrected chi connectivity index (χ0v) is 12.1. The molecule has 1 unspecified atom stereocenters. The lowest BCUT2D eigenvalue weighted by molar-refractivity contribution is -0.143. The average Bonchev–Trinajstić information content (AvgIpc) is 2.48. The summed E-state index contributed by atoms with van der Waals surface area (Å²) < 4.78 is 5.05. The molecule has 1 atom stereocenters. The van der Waals surface area contributed by atoms with Crippen molar-refractivity contribution in [2.24, 2.45) is 5.92 Å². The maximum absolute atomic E-state index is 12.5. The summed E-state index contributed by atoms with van der Waals surface area (Å²) in [6, 6.07) is 3.23. The number of hydrogen-bond acceptors (Lipinski definition) is 4. The first-order valence-electron chi connectivity index (χ1n) is 6.83. The first kappa shape index (κ1) is 15.2. The van der Waals surface area contributed by atoms with Crippen molar-refractivity contribution < 1.29 is 24.5 Å². The molecule has 0 saturated carbocycles. The van der Waals surface area contributed by atoms with E-state index < -0.39 is 11.9 Å². The Bertz CT molecular complexity index is 569. The number of phenolic OH excluding ortho intramolecular Hbond substituents is 1. The molecule has 6 heteroatoms.